The Morgan fingerprint density at radius 2 is 1.77 bits per heavy atom. The number of benzene rings is 2. The zero-order chi connectivity index (χ0) is 23.6. The molecule has 2 atom stereocenters. The molecule has 5 nitrogen and oxygen atoms in total. The van der Waals surface area contributed by atoms with Gasteiger partial charge in [0.05, 0.1) is 5.69 Å². The third-order valence-electron chi connectivity index (χ3n) is 6.94. The molecule has 1 heterocycles. The first kappa shape index (κ1) is 29.2. The van der Waals surface area contributed by atoms with Gasteiger partial charge in [-0.15, -0.1) is 24.8 Å². The number of nitrogens with two attached hydrogens (primary N) is 1. The van der Waals surface area contributed by atoms with Gasteiger partial charge in [-0.25, -0.2) is 13.2 Å². The van der Waals surface area contributed by atoms with Gasteiger partial charge >= 0.3 is 0 Å². The Labute approximate surface area is 216 Å². The first-order valence-corrected chi connectivity index (χ1v) is 11.4. The number of halogens is 5. The molecule has 1 amide bonds. The molecule has 1 saturated carbocycles. The van der Waals surface area contributed by atoms with E-state index < -0.39 is 35.6 Å². The lowest BCUT2D eigenvalue weighted by Crippen LogP contribution is -2.54. The molecule has 0 spiro atoms. The molecule has 2 aromatic rings. The quantitative estimate of drug-likeness (QED) is 0.472. The fourth-order valence-electron chi connectivity index (χ4n) is 5.03. The molecular formula is C25H32Cl2F3N3O2. The minimum atomic E-state index is -2.87. The molecule has 0 aromatic heterocycles. The van der Waals surface area contributed by atoms with Crippen molar-refractivity contribution in [1.82, 2.24) is 10.2 Å². The van der Waals surface area contributed by atoms with Crippen LogP contribution in [0.4, 0.5) is 18.9 Å². The van der Waals surface area contributed by atoms with E-state index in [2.05, 4.69) is 10.2 Å². The topological polar surface area (TPSA) is 78.6 Å². The van der Waals surface area contributed by atoms with E-state index in [1.165, 1.54) is 6.07 Å². The third-order valence-corrected chi connectivity index (χ3v) is 6.94. The highest BCUT2D eigenvalue weighted by molar-refractivity contribution is 5.87. The molecule has 0 bridgehead atoms. The van der Waals surface area contributed by atoms with Gasteiger partial charge in [-0.3, -0.25) is 9.69 Å². The number of carbonyl (C=O) groups excluding carboxylic acids is 1. The Kier molecular flexibility index (Phi) is 9.87. The van der Waals surface area contributed by atoms with E-state index in [-0.39, 0.29) is 49.4 Å². The molecule has 2 aliphatic rings. The molecule has 35 heavy (non-hydrogen) atoms. The largest absolute Gasteiger partial charge is 0.396 e. The van der Waals surface area contributed by atoms with Gasteiger partial charge in [0.1, 0.15) is 5.82 Å². The number of hydrogen-bond donors (Lipinski definition) is 3. The minimum absolute atomic E-state index is 0. The number of nitrogens with one attached hydrogen (secondary N) is 1. The summed E-state index contributed by atoms with van der Waals surface area (Å²) in [6.07, 6.45) is 0.574. The van der Waals surface area contributed by atoms with Gasteiger partial charge in [0.15, 0.2) is 5.60 Å². The molecular weight excluding hydrogens is 502 g/mol. The number of rotatable bonds is 6. The first-order valence-electron chi connectivity index (χ1n) is 11.4. The summed E-state index contributed by atoms with van der Waals surface area (Å²) in [5, 5.41) is 14.4. The molecule has 1 aliphatic carbocycles. The van der Waals surface area contributed by atoms with E-state index in [4.69, 9.17) is 5.73 Å². The van der Waals surface area contributed by atoms with Crippen molar-refractivity contribution >= 4 is 36.4 Å². The molecule has 4 rings (SSSR count). The number of aliphatic hydroxyl groups is 1. The Balaban J connectivity index is 0.00000216. The number of nitrogen functional groups attached to an aromatic ring is 1. The Morgan fingerprint density at radius 1 is 1.11 bits per heavy atom. The molecule has 1 saturated heterocycles. The first-order chi connectivity index (χ1) is 15.7. The van der Waals surface area contributed by atoms with Crippen LogP contribution in [0.1, 0.15) is 43.2 Å². The maximum Gasteiger partial charge on any atom is 0.257 e. The summed E-state index contributed by atoms with van der Waals surface area (Å²) in [6.45, 7) is 2.03. The molecule has 4 N–H and O–H groups in total. The second kappa shape index (κ2) is 11.8. The van der Waals surface area contributed by atoms with Gasteiger partial charge in [-0.2, -0.15) is 0 Å². The number of anilines is 1. The SMILES string of the molecule is Cl.Cl.Nc1cc(CN2CCC(NC(=O)[C@](O)(c3ccccc3)[C@@H]3CCC(F)(F)C3)CC2)ccc1F. The second-order valence-electron chi connectivity index (χ2n) is 9.31. The van der Waals surface area contributed by atoms with Crippen molar-refractivity contribution < 1.29 is 23.1 Å². The molecule has 2 fully saturated rings. The normalized spacial score (nSPS) is 21.9. The number of hydrogen-bond acceptors (Lipinski definition) is 4. The standard InChI is InChI=1S/C25H30F3N3O2.2ClH/c26-21-7-6-17(14-22(21)29)16-31-12-9-20(10-13-31)30-23(32)25(33,18-4-2-1-3-5-18)19-8-11-24(27,28)15-19;;/h1-7,14,19-20,33H,8-13,15-16,29H2,(H,30,32);2*1H/t19-,25+;;/m1../s1. The van der Waals surface area contributed by atoms with Gasteiger partial charge in [0.25, 0.3) is 5.91 Å². The molecule has 0 unspecified atom stereocenters. The summed E-state index contributed by atoms with van der Waals surface area (Å²) in [5.74, 6) is -4.77. The van der Waals surface area contributed by atoms with Crippen LogP contribution >= 0.6 is 24.8 Å². The number of likely N-dealkylation sites (tertiary alicyclic amines) is 1. The zero-order valence-electron chi connectivity index (χ0n) is 19.3. The number of carbonyl (C=O) groups is 1. The van der Waals surface area contributed by atoms with Crippen LogP contribution in [0.3, 0.4) is 0 Å². The van der Waals surface area contributed by atoms with Crippen LogP contribution in [0.15, 0.2) is 48.5 Å². The molecule has 194 valence electrons. The fraction of sp³-hybridized carbons (Fsp3) is 0.480. The van der Waals surface area contributed by atoms with Crippen molar-refractivity contribution in [3.63, 3.8) is 0 Å². The van der Waals surface area contributed by atoms with Crippen molar-refractivity contribution in [2.75, 3.05) is 18.8 Å². The summed E-state index contributed by atoms with van der Waals surface area (Å²) < 4.78 is 41.3. The van der Waals surface area contributed by atoms with E-state index in [1.54, 1.807) is 42.5 Å². The van der Waals surface area contributed by atoms with E-state index in [0.717, 1.165) is 5.56 Å². The van der Waals surface area contributed by atoms with Crippen LogP contribution in [-0.4, -0.2) is 41.0 Å². The molecule has 10 heteroatoms. The number of nitrogens with zero attached hydrogens (tertiary/aromatic N) is 1. The smallest absolute Gasteiger partial charge is 0.257 e. The molecule has 0 radical (unpaired) electrons. The van der Waals surface area contributed by atoms with Crippen LogP contribution < -0.4 is 11.1 Å². The average molecular weight is 534 g/mol. The van der Waals surface area contributed by atoms with E-state index >= 15 is 0 Å². The van der Waals surface area contributed by atoms with Gasteiger partial charge < -0.3 is 16.2 Å². The monoisotopic (exact) mass is 533 g/mol. The summed E-state index contributed by atoms with van der Waals surface area (Å²) in [7, 11) is 0. The summed E-state index contributed by atoms with van der Waals surface area (Å²) in [4.78, 5) is 15.5. The lowest BCUT2D eigenvalue weighted by Gasteiger charge is -2.37. The highest BCUT2D eigenvalue weighted by atomic mass is 35.5. The van der Waals surface area contributed by atoms with Gasteiger partial charge in [0.2, 0.25) is 5.92 Å². The van der Waals surface area contributed by atoms with E-state index in [0.29, 0.717) is 38.0 Å². The lowest BCUT2D eigenvalue weighted by atomic mass is 9.79. The lowest BCUT2D eigenvalue weighted by molar-refractivity contribution is -0.149. The van der Waals surface area contributed by atoms with Gasteiger partial charge in [-0.1, -0.05) is 36.4 Å². The van der Waals surface area contributed by atoms with Crippen LogP contribution in [0.25, 0.3) is 0 Å². The second-order valence-corrected chi connectivity index (χ2v) is 9.31. The number of piperidine rings is 1. The van der Waals surface area contributed by atoms with Crippen molar-refractivity contribution in [1.29, 1.82) is 0 Å². The highest BCUT2D eigenvalue weighted by Gasteiger charge is 2.53. The van der Waals surface area contributed by atoms with Crippen molar-refractivity contribution in [3.05, 3.63) is 65.5 Å². The molecule has 1 aliphatic heterocycles. The summed E-state index contributed by atoms with van der Waals surface area (Å²) in [5.41, 5.74) is 5.03. The average Bonchev–Trinajstić information content (AvgIpc) is 3.17. The Hall–Kier alpha value is -2.00. The van der Waals surface area contributed by atoms with E-state index in [9.17, 15) is 23.1 Å². The Bertz CT molecular complexity index is 991. The van der Waals surface area contributed by atoms with Gasteiger partial charge in [0, 0.05) is 44.4 Å². The van der Waals surface area contributed by atoms with Crippen LogP contribution in [0, 0.1) is 11.7 Å². The minimum Gasteiger partial charge on any atom is -0.396 e. The maximum absolute atomic E-state index is 14.0. The predicted octanol–water partition coefficient (Wildman–Crippen LogP) is 4.66. The van der Waals surface area contributed by atoms with Crippen LogP contribution in [-0.2, 0) is 16.9 Å². The fourth-order valence-corrected chi connectivity index (χ4v) is 5.03. The van der Waals surface area contributed by atoms with Crippen molar-refractivity contribution in [2.45, 2.75) is 56.2 Å². The van der Waals surface area contributed by atoms with Gasteiger partial charge in [-0.05, 0) is 42.5 Å². The zero-order valence-corrected chi connectivity index (χ0v) is 20.9. The number of alkyl halides is 2. The van der Waals surface area contributed by atoms with Crippen LogP contribution in [0.5, 0.6) is 0 Å². The summed E-state index contributed by atoms with van der Waals surface area (Å²) >= 11 is 0. The van der Waals surface area contributed by atoms with Crippen molar-refractivity contribution in [3.8, 4) is 0 Å². The third kappa shape index (κ3) is 6.61. The predicted molar refractivity (Wildman–Crippen MR) is 134 cm³/mol. The molecule has 2 aromatic carbocycles. The van der Waals surface area contributed by atoms with E-state index in [1.807, 2.05) is 0 Å². The maximum atomic E-state index is 14.0. The highest BCUT2D eigenvalue weighted by Crippen LogP contribution is 2.47. The Morgan fingerprint density at radius 3 is 2.34 bits per heavy atom. The van der Waals surface area contributed by atoms with Crippen molar-refractivity contribution in [2.24, 2.45) is 5.92 Å². The number of amides is 1. The van der Waals surface area contributed by atoms with Crippen LogP contribution in [0.2, 0.25) is 0 Å². The summed E-state index contributed by atoms with van der Waals surface area (Å²) in [6, 6.07) is 12.9.